The summed E-state index contributed by atoms with van der Waals surface area (Å²) in [6, 6.07) is 25.0. The van der Waals surface area contributed by atoms with Gasteiger partial charge in [0, 0.05) is 0 Å². The van der Waals surface area contributed by atoms with E-state index in [-0.39, 0.29) is 0 Å². The van der Waals surface area contributed by atoms with Gasteiger partial charge in [0.25, 0.3) is 0 Å². The minimum atomic E-state index is -0.464. The van der Waals surface area contributed by atoms with E-state index in [0.717, 1.165) is 0 Å². The molecule has 0 atom stereocenters. The number of benzene rings is 3. The first-order valence-corrected chi connectivity index (χ1v) is 7.19. The summed E-state index contributed by atoms with van der Waals surface area (Å²) in [7, 11) is 0. The molecule has 4 nitrogen and oxygen atoms in total. The Morgan fingerprint density at radius 1 is 0.577 bits per heavy atom. The Morgan fingerprint density at radius 2 is 0.885 bits per heavy atom. The molecule has 0 heterocycles. The van der Waals surface area contributed by atoms with Gasteiger partial charge in [0.1, 0.15) is 11.5 Å². The molecule has 0 fully saturated rings. The second kappa shape index (κ2) is 8.29. The summed E-state index contributed by atoms with van der Waals surface area (Å²) in [5.41, 5.74) is 0.871. The number of carbonyl (C=O) groups is 2. The molecule has 0 aliphatic rings. The van der Waals surface area contributed by atoms with Crippen LogP contribution in [0.2, 0.25) is 0 Å². The molecule has 3 rings (SSSR count). The van der Waals surface area contributed by atoms with Crippen LogP contribution in [-0.4, -0.2) is 11.9 Å². The van der Waals surface area contributed by atoms with Crippen molar-refractivity contribution in [2.24, 2.45) is 0 Å². The Bertz CT molecular complexity index is 762. The second-order valence-corrected chi connectivity index (χ2v) is 4.83. The SMILES string of the molecule is O=C(Oc1ccc(OC(=O)c2cc[c-]cc2)cc1)c1cc[c-]cc1.[Rf].[Rf]. The van der Waals surface area contributed by atoms with Gasteiger partial charge in [-0.1, -0.05) is 0 Å². The predicted octanol–water partition coefficient (Wildman–Crippen LogP) is 3.73. The van der Waals surface area contributed by atoms with E-state index in [1.54, 1.807) is 72.8 Å². The summed E-state index contributed by atoms with van der Waals surface area (Å²) in [5, 5.41) is 0. The summed E-state index contributed by atoms with van der Waals surface area (Å²) >= 11 is 0. The number of hydrogen-bond donors (Lipinski definition) is 0. The molecule has 0 aliphatic carbocycles. The molecule has 0 aromatic heterocycles. The molecule has 26 heavy (non-hydrogen) atoms. The van der Waals surface area contributed by atoms with Crippen molar-refractivity contribution < 1.29 is 19.1 Å². The summed E-state index contributed by atoms with van der Waals surface area (Å²) in [6.45, 7) is 0. The third kappa shape index (κ3) is 4.30. The molecule has 3 aromatic rings. The van der Waals surface area contributed by atoms with Crippen LogP contribution < -0.4 is 9.47 Å². The van der Waals surface area contributed by atoms with Gasteiger partial charge >= 0.3 is 11.9 Å². The van der Waals surface area contributed by atoms with Crippen molar-refractivity contribution in [3.63, 3.8) is 0 Å². The van der Waals surface area contributed by atoms with E-state index in [2.05, 4.69) is 12.1 Å². The van der Waals surface area contributed by atoms with Gasteiger partial charge in [-0.3, -0.25) is 0 Å². The molecule has 0 aliphatic heterocycles. The monoisotopic (exact) mass is 850 g/mol. The van der Waals surface area contributed by atoms with Crippen LogP contribution in [0.3, 0.4) is 0 Å². The van der Waals surface area contributed by atoms with E-state index in [4.69, 9.17) is 9.47 Å². The summed E-state index contributed by atoms with van der Waals surface area (Å²) in [6.07, 6.45) is 0. The molecule has 0 N–H and O–H groups in total. The normalized spacial score (nSPS) is 9.23. The first-order chi connectivity index (χ1) is 11.7. The largest absolute Gasteiger partial charge is 0.424 e. The van der Waals surface area contributed by atoms with Gasteiger partial charge in [0.15, 0.2) is 0 Å². The molecule has 3 aromatic carbocycles. The fourth-order valence-corrected chi connectivity index (χ4v) is 1.95. The van der Waals surface area contributed by atoms with Gasteiger partial charge in [-0.15, -0.1) is 0 Å². The van der Waals surface area contributed by atoms with E-state index in [9.17, 15) is 9.59 Å². The van der Waals surface area contributed by atoms with Crippen LogP contribution >= 0.6 is 0 Å². The third-order valence-electron chi connectivity index (χ3n) is 3.15. The fourth-order valence-electron chi connectivity index (χ4n) is 1.95. The number of hydrogen-bond acceptors (Lipinski definition) is 4. The molecule has 0 spiro atoms. The van der Waals surface area contributed by atoms with E-state index >= 15 is 0 Å². The number of ether oxygens (including phenoxy) is 2. The molecule has 0 amide bonds. The van der Waals surface area contributed by atoms with Crippen molar-refractivity contribution in [3.8, 4) is 11.5 Å². The van der Waals surface area contributed by atoms with E-state index in [0.29, 0.717) is 22.6 Å². The molecule has 122 valence electrons. The van der Waals surface area contributed by atoms with Gasteiger partial charge in [-0.25, -0.2) is 9.59 Å². The number of rotatable bonds is 4. The summed E-state index contributed by atoms with van der Waals surface area (Å²) in [5.74, 6) is -0.201. The summed E-state index contributed by atoms with van der Waals surface area (Å²) in [4.78, 5) is 23.9. The van der Waals surface area contributed by atoms with Gasteiger partial charge in [0.2, 0.25) is 0 Å². The average Bonchev–Trinajstić information content (AvgIpc) is 2.65. The second-order valence-electron chi connectivity index (χ2n) is 4.83. The van der Waals surface area contributed by atoms with Crippen molar-refractivity contribution in [2.75, 3.05) is 0 Å². The molecule has 0 unspecified atom stereocenters. The van der Waals surface area contributed by atoms with Crippen LogP contribution in [0.15, 0.2) is 72.8 Å². The smallest absolute Gasteiger partial charge is 0.318 e. The maximum absolute atomic E-state index is 11.9. The van der Waals surface area contributed by atoms with Gasteiger partial charge in [-0.05, 0) is 35.4 Å². The maximum atomic E-state index is 11.9. The van der Waals surface area contributed by atoms with Crippen LogP contribution in [0, 0.1) is 12.1 Å². The Balaban J connectivity index is 0.00000169. The maximum Gasteiger partial charge on any atom is 0.318 e. The van der Waals surface area contributed by atoms with Gasteiger partial charge in [-0.2, -0.15) is 60.7 Å². The quantitative estimate of drug-likeness (QED) is 0.229. The molecular formula is C20H12O4Rf2-2. The average molecular weight is 850 g/mol. The van der Waals surface area contributed by atoms with E-state index in [1.165, 1.54) is 0 Å². The Hall–Kier alpha value is -5.40. The zero-order valence-corrected chi connectivity index (χ0v) is 26.8. The first-order valence-electron chi connectivity index (χ1n) is 7.19. The summed E-state index contributed by atoms with van der Waals surface area (Å²) < 4.78 is 10.5. The van der Waals surface area contributed by atoms with Gasteiger partial charge in [0.05, 0.1) is 0 Å². The zero-order valence-electron chi connectivity index (χ0n) is 14.0. The van der Waals surface area contributed by atoms with Crippen molar-refractivity contribution in [1.29, 1.82) is 0 Å². The number of esters is 2. The molecule has 0 radical (unpaired) electrons. The van der Waals surface area contributed by atoms with Crippen LogP contribution in [-0.2, 0) is 0 Å². The van der Waals surface area contributed by atoms with Gasteiger partial charge < -0.3 is 9.47 Å². The predicted molar refractivity (Wildman–Crippen MR) is 86.9 cm³/mol. The van der Waals surface area contributed by atoms with E-state index in [1.807, 2.05) is 0 Å². The molecule has 0 saturated carbocycles. The van der Waals surface area contributed by atoms with Crippen LogP contribution in [0.1, 0.15) is 20.7 Å². The van der Waals surface area contributed by atoms with Crippen molar-refractivity contribution in [2.45, 2.75) is 0 Å². The topological polar surface area (TPSA) is 52.6 Å². The van der Waals surface area contributed by atoms with Crippen LogP contribution in [0.4, 0.5) is 0 Å². The third-order valence-corrected chi connectivity index (χ3v) is 3.15. The van der Waals surface area contributed by atoms with Crippen LogP contribution in [0.5, 0.6) is 11.5 Å². The first kappa shape index (κ1) is 18.6. The minimum Gasteiger partial charge on any atom is -0.424 e. The fraction of sp³-hybridized carbons (Fsp3) is 0. The van der Waals surface area contributed by atoms with Crippen molar-refractivity contribution in [3.05, 3.63) is 96.1 Å². The molecule has 6 heteroatoms. The Morgan fingerprint density at radius 3 is 1.19 bits per heavy atom. The van der Waals surface area contributed by atoms with Crippen molar-refractivity contribution in [1.82, 2.24) is 0 Å². The Labute approximate surface area is 139 Å². The standard InChI is InChI=1S/C20H12O4.2Rf/c21-19(15-7-3-1-4-8-15)23-17-11-13-18(14-12-17)24-20(22)16-9-5-2-6-10-16;;/h3-14H;;/q-2;;. The molecular weight excluding hydrogens is 838 g/mol. The minimum absolute atomic E-state index is 0. The van der Waals surface area contributed by atoms with E-state index < -0.39 is 11.9 Å². The molecule has 0 saturated heterocycles. The Kier molecular flexibility index (Phi) is 5.95. The van der Waals surface area contributed by atoms with Crippen molar-refractivity contribution >= 4 is 11.9 Å². The van der Waals surface area contributed by atoms with Crippen LogP contribution in [0.25, 0.3) is 0 Å². The zero-order chi connectivity index (χ0) is 16.8. The molecule has 0 bridgehead atoms. The number of carbonyl (C=O) groups excluding carboxylic acids is 2.